The highest BCUT2D eigenvalue weighted by Gasteiger charge is 2.16. The summed E-state index contributed by atoms with van der Waals surface area (Å²) in [5.74, 6) is 1.11. The molecule has 0 amide bonds. The molecule has 0 fully saturated rings. The van der Waals surface area contributed by atoms with E-state index in [1.54, 1.807) is 0 Å². The van der Waals surface area contributed by atoms with Gasteiger partial charge in [0.15, 0.2) is 11.0 Å². The van der Waals surface area contributed by atoms with E-state index in [0.29, 0.717) is 5.75 Å². The van der Waals surface area contributed by atoms with E-state index in [4.69, 9.17) is 5.26 Å². The summed E-state index contributed by atoms with van der Waals surface area (Å²) in [7, 11) is 0. The molecule has 0 aliphatic carbocycles. The number of hydrogen-bond acceptors (Lipinski definition) is 4. The van der Waals surface area contributed by atoms with Gasteiger partial charge in [-0.2, -0.15) is 5.26 Å². The lowest BCUT2D eigenvalue weighted by molar-refractivity contribution is 0.885. The number of nitrogens with zero attached hydrogens (tertiary/aromatic N) is 4. The molecule has 0 N–H and O–H groups in total. The lowest BCUT2D eigenvalue weighted by atomic mass is 10.1. The fourth-order valence-corrected chi connectivity index (χ4v) is 3.44. The minimum absolute atomic E-state index is 0.337. The van der Waals surface area contributed by atoms with E-state index < -0.39 is 0 Å². The Morgan fingerprint density at radius 3 is 2.38 bits per heavy atom. The summed E-state index contributed by atoms with van der Waals surface area (Å²) in [5.41, 5.74) is 4.35. The topological polar surface area (TPSA) is 54.5 Å². The van der Waals surface area contributed by atoms with Gasteiger partial charge in [-0.3, -0.25) is 4.57 Å². The Balaban J connectivity index is 2.18. The van der Waals surface area contributed by atoms with Gasteiger partial charge in [0.2, 0.25) is 0 Å². The van der Waals surface area contributed by atoms with Crippen molar-refractivity contribution in [3.05, 3.63) is 58.1 Å². The fourth-order valence-electron chi connectivity index (χ4n) is 2.56. The van der Waals surface area contributed by atoms with Gasteiger partial charge in [-0.25, -0.2) is 0 Å². The predicted molar refractivity (Wildman–Crippen MR) is 100 cm³/mol. The molecule has 4 nitrogen and oxygen atoms in total. The molecule has 0 spiro atoms. The van der Waals surface area contributed by atoms with E-state index in [9.17, 15) is 0 Å². The Bertz CT molecular complexity index is 890. The highest BCUT2D eigenvalue weighted by atomic mass is 79.9. The molecule has 3 rings (SSSR count). The quantitative estimate of drug-likeness (QED) is 0.584. The van der Waals surface area contributed by atoms with E-state index in [2.05, 4.69) is 64.2 Å². The van der Waals surface area contributed by atoms with Crippen LogP contribution in [0.4, 0.5) is 0 Å². The van der Waals surface area contributed by atoms with Crippen molar-refractivity contribution in [1.82, 2.24) is 14.8 Å². The van der Waals surface area contributed by atoms with Crippen molar-refractivity contribution in [2.75, 3.05) is 5.75 Å². The molecule has 0 aliphatic heterocycles. The Labute approximate surface area is 153 Å². The Hall–Kier alpha value is -2.10. The second kappa shape index (κ2) is 7.20. The maximum absolute atomic E-state index is 8.90. The lowest BCUT2D eigenvalue weighted by Gasteiger charge is -2.11. The van der Waals surface area contributed by atoms with Crippen LogP contribution in [0.15, 0.2) is 52.1 Å². The molecule has 120 valence electrons. The number of nitriles is 1. The fraction of sp³-hybridized carbons (Fsp3) is 0.167. The van der Waals surface area contributed by atoms with Crippen molar-refractivity contribution < 1.29 is 0 Å². The van der Waals surface area contributed by atoms with Crippen LogP contribution < -0.4 is 0 Å². The maximum atomic E-state index is 8.90. The molecule has 0 saturated carbocycles. The van der Waals surface area contributed by atoms with Crippen LogP contribution in [0, 0.1) is 25.2 Å². The van der Waals surface area contributed by atoms with Gasteiger partial charge in [0.05, 0.1) is 17.5 Å². The van der Waals surface area contributed by atoms with Crippen molar-refractivity contribution in [1.29, 1.82) is 5.26 Å². The zero-order chi connectivity index (χ0) is 17.1. The zero-order valence-electron chi connectivity index (χ0n) is 13.3. The number of thioether (sulfide) groups is 1. The minimum Gasteiger partial charge on any atom is -0.270 e. The second-order valence-corrected chi connectivity index (χ2v) is 7.30. The predicted octanol–water partition coefficient (Wildman–Crippen LogP) is 4.93. The van der Waals surface area contributed by atoms with Gasteiger partial charge in [0, 0.05) is 10.0 Å². The summed E-state index contributed by atoms with van der Waals surface area (Å²) in [4.78, 5) is 0. The third-order valence-corrected chi connectivity index (χ3v) is 4.79. The standard InChI is InChI=1S/C18H15BrN4S/c1-12-9-13(2)11-16(10-12)23-17(14-3-5-15(19)6-4-14)21-22-18(23)24-8-7-20/h3-6,9-11H,8H2,1-2H3. The third kappa shape index (κ3) is 3.53. The van der Waals surface area contributed by atoms with Crippen LogP contribution in [0.25, 0.3) is 17.1 Å². The van der Waals surface area contributed by atoms with Crippen molar-refractivity contribution in [3.8, 4) is 23.1 Å². The second-order valence-electron chi connectivity index (χ2n) is 5.44. The number of halogens is 1. The molecular weight excluding hydrogens is 384 g/mol. The SMILES string of the molecule is Cc1cc(C)cc(-n2c(SCC#N)nnc2-c2ccc(Br)cc2)c1. The van der Waals surface area contributed by atoms with Crippen molar-refractivity contribution >= 4 is 27.7 Å². The number of hydrogen-bond donors (Lipinski definition) is 0. The monoisotopic (exact) mass is 398 g/mol. The molecule has 0 bridgehead atoms. The van der Waals surface area contributed by atoms with Crippen molar-refractivity contribution in [3.63, 3.8) is 0 Å². The molecule has 6 heteroatoms. The first-order valence-corrected chi connectivity index (χ1v) is 9.16. The normalized spacial score (nSPS) is 10.6. The summed E-state index contributed by atoms with van der Waals surface area (Å²) in [6, 6.07) is 16.5. The van der Waals surface area contributed by atoms with E-state index in [1.807, 2.05) is 28.8 Å². The lowest BCUT2D eigenvalue weighted by Crippen LogP contribution is -2.01. The first-order valence-electron chi connectivity index (χ1n) is 7.38. The van der Waals surface area contributed by atoms with Gasteiger partial charge in [-0.15, -0.1) is 10.2 Å². The van der Waals surface area contributed by atoms with E-state index >= 15 is 0 Å². The number of aromatic nitrogens is 3. The van der Waals surface area contributed by atoms with Crippen LogP contribution in [0.5, 0.6) is 0 Å². The highest BCUT2D eigenvalue weighted by Crippen LogP contribution is 2.29. The van der Waals surface area contributed by atoms with Gasteiger partial charge in [-0.05, 0) is 49.2 Å². The largest absolute Gasteiger partial charge is 0.270 e. The molecule has 24 heavy (non-hydrogen) atoms. The van der Waals surface area contributed by atoms with Gasteiger partial charge in [0.25, 0.3) is 0 Å². The van der Waals surface area contributed by atoms with E-state index in [1.165, 1.54) is 22.9 Å². The van der Waals surface area contributed by atoms with Gasteiger partial charge < -0.3 is 0 Å². The van der Waals surface area contributed by atoms with Crippen LogP contribution in [-0.4, -0.2) is 20.5 Å². The van der Waals surface area contributed by atoms with E-state index in [0.717, 1.165) is 26.7 Å². The van der Waals surface area contributed by atoms with Crippen molar-refractivity contribution in [2.24, 2.45) is 0 Å². The molecule has 0 radical (unpaired) electrons. The summed E-state index contributed by atoms with van der Waals surface area (Å²) >= 11 is 4.85. The molecule has 0 unspecified atom stereocenters. The average Bonchev–Trinajstić information content (AvgIpc) is 2.96. The summed E-state index contributed by atoms with van der Waals surface area (Å²) in [6.07, 6.45) is 0. The molecule has 3 aromatic rings. The van der Waals surface area contributed by atoms with Crippen LogP contribution >= 0.6 is 27.7 Å². The number of rotatable bonds is 4. The smallest absolute Gasteiger partial charge is 0.197 e. The molecular formula is C18H15BrN4S. The Morgan fingerprint density at radius 2 is 1.75 bits per heavy atom. The van der Waals surface area contributed by atoms with Gasteiger partial charge in [0.1, 0.15) is 0 Å². The number of aryl methyl sites for hydroxylation is 2. The minimum atomic E-state index is 0.337. The molecule has 1 heterocycles. The average molecular weight is 399 g/mol. The van der Waals surface area contributed by atoms with Crippen LogP contribution in [0.3, 0.4) is 0 Å². The van der Waals surface area contributed by atoms with Gasteiger partial charge >= 0.3 is 0 Å². The Kier molecular flexibility index (Phi) is 5.03. The van der Waals surface area contributed by atoms with Crippen LogP contribution in [0.1, 0.15) is 11.1 Å². The molecule has 0 atom stereocenters. The van der Waals surface area contributed by atoms with Crippen LogP contribution in [-0.2, 0) is 0 Å². The molecule has 1 aromatic heterocycles. The first kappa shape index (κ1) is 16.7. The summed E-state index contributed by atoms with van der Waals surface area (Å²) in [5, 5.41) is 18.3. The summed E-state index contributed by atoms with van der Waals surface area (Å²) in [6.45, 7) is 4.14. The maximum Gasteiger partial charge on any atom is 0.197 e. The van der Waals surface area contributed by atoms with Crippen molar-refractivity contribution in [2.45, 2.75) is 19.0 Å². The summed E-state index contributed by atoms with van der Waals surface area (Å²) < 4.78 is 3.04. The molecule has 2 aromatic carbocycles. The number of benzene rings is 2. The Morgan fingerprint density at radius 1 is 1.08 bits per heavy atom. The molecule has 0 saturated heterocycles. The van der Waals surface area contributed by atoms with E-state index in [-0.39, 0.29) is 0 Å². The third-order valence-electron chi connectivity index (χ3n) is 3.47. The van der Waals surface area contributed by atoms with Crippen LogP contribution in [0.2, 0.25) is 0 Å². The molecule has 0 aliphatic rings. The zero-order valence-corrected chi connectivity index (χ0v) is 15.7. The first-order chi connectivity index (χ1) is 11.6. The van der Waals surface area contributed by atoms with Gasteiger partial charge in [-0.1, -0.05) is 45.9 Å². The highest BCUT2D eigenvalue weighted by molar-refractivity contribution is 9.10.